The molecule has 12 nitrogen and oxygen atoms in total. The van der Waals surface area contributed by atoms with Crippen LogP contribution in [0.1, 0.15) is 75.5 Å². The van der Waals surface area contributed by atoms with Crippen molar-refractivity contribution in [3.8, 4) is 174 Å². The third-order valence-electron chi connectivity index (χ3n) is 29.9. The van der Waals surface area contributed by atoms with Gasteiger partial charge >= 0.3 is 0 Å². The van der Waals surface area contributed by atoms with Gasteiger partial charge in [0.15, 0.2) is 34.2 Å². The molecular formula is C135H95N9O3. The van der Waals surface area contributed by atoms with Crippen molar-refractivity contribution in [3.63, 3.8) is 0 Å². The van der Waals surface area contributed by atoms with Crippen LogP contribution in [0, 0.1) is 0 Å². The summed E-state index contributed by atoms with van der Waals surface area (Å²) in [5, 5.41) is 3.35. The zero-order valence-electron chi connectivity index (χ0n) is 81.7. The van der Waals surface area contributed by atoms with E-state index in [1.165, 1.54) is 50.1 Å². The predicted molar refractivity (Wildman–Crippen MR) is 598 cm³/mol. The minimum absolute atomic E-state index is 0.210. The summed E-state index contributed by atoms with van der Waals surface area (Å²) in [6, 6.07) is 163. The molecule has 0 saturated carbocycles. The van der Waals surface area contributed by atoms with Crippen molar-refractivity contribution >= 4 is 66.0 Å². The lowest BCUT2D eigenvalue weighted by molar-refractivity contribution is 0.466. The van der Waals surface area contributed by atoms with E-state index in [4.69, 9.17) is 43.2 Å². The Balaban J connectivity index is 0.000000109. The van der Waals surface area contributed by atoms with Crippen molar-refractivity contribution in [2.75, 3.05) is 0 Å². The molecule has 0 saturated heterocycles. The standard InChI is InChI=1S/2C47H33N3O.C41H29N3O/c1-47(2)38-27-26-34(28-37(38)42-43-44(51-45(42)47)36-20-12-13-21-41(36)50(43)35-18-10-5-11-19-35)30-22-24-33(25-23-30)46-48-39(31-14-6-3-7-15-31)29-40(49-46)32-16-8-4-9-17-32;1-47(2)38-21-13-12-20-36(38)42-43-44(51-45(42)47)37-28-34(26-27-41(37)50(43)35-18-10-5-11-19-35)30-22-24-33(25-23-30)46-48-39(31-14-6-3-7-15-31)29-40(49-46)32-16-8-4-9-17-32;1-41(2)32-19-11-9-17-30(32)36-37-38(45-39(36)41)31-18-10-12-20-35(31)44(37)29-23-21-28(22-24-29)40-42-33(26-13-5-3-6-14-26)25-34(43-40)27-15-7-4-8-16-27/h2*3-29H,1-2H3;3-25H,1-2H3. The number of benzene rings is 17. The SMILES string of the molecule is CC1(C)c2ccc(-c3ccc(-c4nc(-c5ccccc5)cc(-c5ccccc5)n4)cc3)cc2-c2c1oc1c3ccccc3n(-c3ccccc3)c21.CC1(C)c2ccccc2-c2c1oc1c3cc(-c4ccc(-c5nc(-c6ccccc6)cc(-c6ccccc6)n5)cc4)ccc3n(-c3ccccc3)c21.CC1(C)c2ccccc2-c2c1oc1c3ccccc3n(-c3ccc(-c4nc(-c5ccccc5)cc(-c5ccccc5)n4)cc3)c21. The average molecular weight is 1890 g/mol. The molecular weight excluding hydrogens is 1800 g/mol. The van der Waals surface area contributed by atoms with Gasteiger partial charge in [0.1, 0.15) is 33.8 Å². The fourth-order valence-electron chi connectivity index (χ4n) is 22.6. The van der Waals surface area contributed by atoms with E-state index in [0.29, 0.717) is 17.5 Å². The Morgan fingerprint density at radius 1 is 0.184 bits per heavy atom. The number of nitrogens with zero attached hydrogens (tertiary/aromatic N) is 9. The zero-order chi connectivity index (χ0) is 98.3. The number of hydrogen-bond donors (Lipinski definition) is 0. The molecule has 26 aromatic rings. The highest BCUT2D eigenvalue weighted by atomic mass is 16.3. The number of furan rings is 3. The molecule has 3 aliphatic carbocycles. The van der Waals surface area contributed by atoms with Crippen LogP contribution in [-0.4, -0.2) is 43.6 Å². The van der Waals surface area contributed by atoms with Crippen molar-refractivity contribution in [1.82, 2.24) is 43.6 Å². The van der Waals surface area contributed by atoms with E-state index in [1.807, 2.05) is 109 Å². The third kappa shape index (κ3) is 14.6. The van der Waals surface area contributed by atoms with E-state index in [1.54, 1.807) is 0 Å². The summed E-state index contributed by atoms with van der Waals surface area (Å²) in [6.45, 7) is 13.6. The molecule has 12 heteroatoms. The van der Waals surface area contributed by atoms with Crippen LogP contribution in [0.4, 0.5) is 0 Å². The van der Waals surface area contributed by atoms with Gasteiger partial charge in [-0.05, 0) is 206 Å². The maximum absolute atomic E-state index is 6.95. The Morgan fingerprint density at radius 3 is 0.776 bits per heavy atom. The minimum Gasteiger partial charge on any atom is -0.457 e. The summed E-state index contributed by atoms with van der Waals surface area (Å²) in [7, 11) is 0. The molecule has 698 valence electrons. The van der Waals surface area contributed by atoms with Crippen molar-refractivity contribution in [2.45, 2.75) is 57.8 Å². The highest BCUT2D eigenvalue weighted by Gasteiger charge is 2.46. The van der Waals surface area contributed by atoms with Crippen LogP contribution in [0.15, 0.2) is 480 Å². The lowest BCUT2D eigenvalue weighted by Gasteiger charge is -2.19. The predicted octanol–water partition coefficient (Wildman–Crippen LogP) is 34.8. The van der Waals surface area contributed by atoms with E-state index < -0.39 is 0 Å². The lowest BCUT2D eigenvalue weighted by Crippen LogP contribution is -2.14. The van der Waals surface area contributed by atoms with Crippen LogP contribution in [0.25, 0.3) is 240 Å². The molecule has 0 radical (unpaired) electrons. The first-order chi connectivity index (χ1) is 72.2. The Hall–Kier alpha value is -18.8. The molecule has 0 spiro atoms. The lowest BCUT2D eigenvalue weighted by atomic mass is 9.85. The Kier molecular flexibility index (Phi) is 20.7. The van der Waals surface area contributed by atoms with Crippen molar-refractivity contribution in [3.05, 3.63) is 501 Å². The van der Waals surface area contributed by atoms with Crippen LogP contribution < -0.4 is 0 Å². The van der Waals surface area contributed by atoms with Crippen LogP contribution in [-0.2, 0) is 16.2 Å². The monoisotopic (exact) mass is 1890 g/mol. The zero-order valence-corrected chi connectivity index (χ0v) is 81.7. The number of rotatable bonds is 14. The molecule has 0 aliphatic heterocycles. The molecule has 3 aliphatic rings. The highest BCUT2D eigenvalue weighted by Crippen LogP contribution is 2.60. The van der Waals surface area contributed by atoms with Gasteiger partial charge in [-0.3, -0.25) is 0 Å². The molecule has 17 aromatic carbocycles. The van der Waals surface area contributed by atoms with Crippen LogP contribution in [0.2, 0.25) is 0 Å². The highest BCUT2D eigenvalue weighted by molar-refractivity contribution is 6.17. The number of hydrogen-bond acceptors (Lipinski definition) is 9. The fourth-order valence-corrected chi connectivity index (χ4v) is 22.6. The number of aromatic nitrogens is 9. The van der Waals surface area contributed by atoms with Crippen molar-refractivity contribution in [1.29, 1.82) is 0 Å². The fraction of sp³-hybridized carbons (Fsp3) is 0.0667. The largest absolute Gasteiger partial charge is 0.457 e. The smallest absolute Gasteiger partial charge is 0.161 e. The second-order valence-electron chi connectivity index (χ2n) is 39.9. The average Bonchev–Trinajstić information content (AvgIpc) is 1.53. The second kappa shape index (κ2) is 34.8. The van der Waals surface area contributed by atoms with E-state index in [-0.39, 0.29) is 16.2 Å². The summed E-state index contributed by atoms with van der Waals surface area (Å²) < 4.78 is 27.7. The topological polar surface area (TPSA) is 132 Å². The van der Waals surface area contributed by atoms with Gasteiger partial charge in [-0.25, -0.2) is 29.9 Å². The first-order valence-corrected chi connectivity index (χ1v) is 50.2. The van der Waals surface area contributed by atoms with Gasteiger partial charge in [0, 0.05) is 116 Å². The van der Waals surface area contributed by atoms with Crippen molar-refractivity contribution in [2.24, 2.45) is 0 Å². The van der Waals surface area contributed by atoms with Crippen LogP contribution in [0.5, 0.6) is 0 Å². The Labute approximate surface area is 850 Å². The van der Waals surface area contributed by atoms with E-state index in [0.717, 1.165) is 207 Å². The third-order valence-corrected chi connectivity index (χ3v) is 29.9. The first-order valence-electron chi connectivity index (χ1n) is 50.2. The summed E-state index contributed by atoms with van der Waals surface area (Å²) in [5.74, 6) is 5.19. The summed E-state index contributed by atoms with van der Waals surface area (Å²) in [4.78, 5) is 30.2. The normalized spacial score (nSPS) is 13.1. The summed E-state index contributed by atoms with van der Waals surface area (Å²) in [6.07, 6.45) is 0. The molecule has 0 unspecified atom stereocenters. The number of para-hydroxylation sites is 4. The molecule has 9 heterocycles. The minimum atomic E-state index is -0.272. The quantitative estimate of drug-likeness (QED) is 0.104. The van der Waals surface area contributed by atoms with Gasteiger partial charge < -0.3 is 27.0 Å². The molecule has 0 bridgehead atoms. The van der Waals surface area contributed by atoms with Crippen LogP contribution in [0.3, 0.4) is 0 Å². The summed E-state index contributed by atoms with van der Waals surface area (Å²) in [5.41, 5.74) is 42.6. The van der Waals surface area contributed by atoms with E-state index >= 15 is 0 Å². The second-order valence-corrected chi connectivity index (χ2v) is 39.9. The van der Waals surface area contributed by atoms with Crippen LogP contribution >= 0.6 is 0 Å². The van der Waals surface area contributed by atoms with E-state index in [2.05, 4.69) is 413 Å². The molecule has 29 rings (SSSR count). The van der Waals surface area contributed by atoms with Gasteiger partial charge in [0.25, 0.3) is 0 Å². The first kappa shape index (κ1) is 87.3. The molecule has 147 heavy (non-hydrogen) atoms. The molecule has 0 amide bonds. The van der Waals surface area contributed by atoms with Gasteiger partial charge in [-0.2, -0.15) is 0 Å². The maximum atomic E-state index is 6.95. The molecule has 0 N–H and O–H groups in total. The summed E-state index contributed by atoms with van der Waals surface area (Å²) >= 11 is 0. The Morgan fingerprint density at radius 2 is 0.429 bits per heavy atom. The van der Waals surface area contributed by atoms with E-state index in [9.17, 15) is 0 Å². The molecule has 0 fully saturated rings. The van der Waals surface area contributed by atoms with Crippen molar-refractivity contribution < 1.29 is 13.3 Å². The number of fused-ring (bicyclic) bond motifs is 21. The van der Waals surface area contributed by atoms with Gasteiger partial charge in [-0.1, -0.05) is 358 Å². The van der Waals surface area contributed by atoms with Gasteiger partial charge in [-0.15, -0.1) is 0 Å². The Bertz CT molecular complexity index is 9450. The molecule has 0 atom stereocenters. The molecule has 9 aromatic heterocycles. The maximum Gasteiger partial charge on any atom is 0.161 e. The van der Waals surface area contributed by atoms with Gasteiger partial charge in [0.05, 0.1) is 50.7 Å². The van der Waals surface area contributed by atoms with Gasteiger partial charge in [0.2, 0.25) is 0 Å².